The van der Waals surface area contributed by atoms with Gasteiger partial charge in [-0.2, -0.15) is 5.26 Å². The van der Waals surface area contributed by atoms with Gasteiger partial charge in [0.2, 0.25) is 0 Å². The number of rotatable bonds is 4. The van der Waals surface area contributed by atoms with E-state index in [1.165, 1.54) is 25.0 Å². The molecule has 2 nitrogen and oxygen atoms in total. The SMILES string of the molecule is CC(C1CC1)N(C)Cc1cc(F)cc(C#N)c1. The Labute approximate surface area is 102 Å². The van der Waals surface area contributed by atoms with Crippen molar-refractivity contribution >= 4 is 0 Å². The highest BCUT2D eigenvalue weighted by Gasteiger charge is 2.30. The topological polar surface area (TPSA) is 27.0 Å². The molecule has 1 saturated carbocycles. The van der Waals surface area contributed by atoms with Crippen LogP contribution in [0.4, 0.5) is 4.39 Å². The molecule has 90 valence electrons. The molecule has 0 aliphatic heterocycles. The smallest absolute Gasteiger partial charge is 0.124 e. The van der Waals surface area contributed by atoms with Gasteiger partial charge in [0.1, 0.15) is 5.82 Å². The molecule has 1 fully saturated rings. The molecule has 0 N–H and O–H groups in total. The second-order valence-corrected chi connectivity index (χ2v) is 4.95. The largest absolute Gasteiger partial charge is 0.299 e. The van der Waals surface area contributed by atoms with Crippen LogP contribution in [0.3, 0.4) is 0 Å². The molecular formula is C14H17FN2. The van der Waals surface area contributed by atoms with Gasteiger partial charge in [-0.05, 0) is 56.5 Å². The van der Waals surface area contributed by atoms with Crippen molar-refractivity contribution in [3.05, 3.63) is 35.1 Å². The summed E-state index contributed by atoms with van der Waals surface area (Å²) in [5, 5.41) is 8.80. The van der Waals surface area contributed by atoms with Crippen LogP contribution in [0.2, 0.25) is 0 Å². The van der Waals surface area contributed by atoms with Gasteiger partial charge in [-0.15, -0.1) is 0 Å². The van der Waals surface area contributed by atoms with E-state index in [-0.39, 0.29) is 5.82 Å². The molecule has 0 saturated heterocycles. The first-order chi connectivity index (χ1) is 8.10. The lowest BCUT2D eigenvalue weighted by Gasteiger charge is -2.24. The van der Waals surface area contributed by atoms with Gasteiger partial charge in [0.25, 0.3) is 0 Å². The molecule has 0 spiro atoms. The summed E-state index contributed by atoms with van der Waals surface area (Å²) in [6.45, 7) is 2.91. The Morgan fingerprint density at radius 1 is 1.47 bits per heavy atom. The Morgan fingerprint density at radius 3 is 2.76 bits per heavy atom. The van der Waals surface area contributed by atoms with Crippen LogP contribution < -0.4 is 0 Å². The summed E-state index contributed by atoms with van der Waals surface area (Å²) in [5.41, 5.74) is 1.27. The van der Waals surface area contributed by atoms with Gasteiger partial charge in [-0.25, -0.2) is 4.39 Å². The van der Waals surface area contributed by atoms with Gasteiger partial charge < -0.3 is 0 Å². The summed E-state index contributed by atoms with van der Waals surface area (Å²) < 4.78 is 13.3. The minimum Gasteiger partial charge on any atom is -0.299 e. The maximum atomic E-state index is 13.3. The van der Waals surface area contributed by atoms with Gasteiger partial charge in [0, 0.05) is 12.6 Å². The standard InChI is InChI=1S/C14H17FN2/c1-10(13-3-4-13)17(2)9-12-5-11(8-16)6-14(15)7-12/h5-7,10,13H,3-4,9H2,1-2H3. The highest BCUT2D eigenvalue weighted by molar-refractivity contribution is 5.33. The van der Waals surface area contributed by atoms with Crippen LogP contribution in [0.15, 0.2) is 18.2 Å². The van der Waals surface area contributed by atoms with Crippen LogP contribution in [0.1, 0.15) is 30.9 Å². The summed E-state index contributed by atoms with van der Waals surface area (Å²) in [4.78, 5) is 2.23. The van der Waals surface area contributed by atoms with Crippen molar-refractivity contribution in [2.24, 2.45) is 5.92 Å². The third kappa shape index (κ3) is 3.04. The van der Waals surface area contributed by atoms with Crippen LogP contribution >= 0.6 is 0 Å². The highest BCUT2D eigenvalue weighted by Crippen LogP contribution is 2.35. The van der Waals surface area contributed by atoms with E-state index in [4.69, 9.17) is 5.26 Å². The molecule has 0 heterocycles. The Bertz CT molecular complexity index is 446. The normalized spacial score (nSPS) is 16.9. The monoisotopic (exact) mass is 232 g/mol. The fraction of sp³-hybridized carbons (Fsp3) is 0.500. The molecule has 0 bridgehead atoms. The van der Waals surface area contributed by atoms with Crippen molar-refractivity contribution in [3.8, 4) is 6.07 Å². The molecule has 1 aromatic rings. The second kappa shape index (κ2) is 4.85. The van der Waals surface area contributed by atoms with Gasteiger partial charge in [-0.3, -0.25) is 4.90 Å². The quantitative estimate of drug-likeness (QED) is 0.798. The molecule has 1 unspecified atom stereocenters. The van der Waals surface area contributed by atoms with Crippen molar-refractivity contribution in [2.75, 3.05) is 7.05 Å². The van der Waals surface area contributed by atoms with E-state index >= 15 is 0 Å². The maximum absolute atomic E-state index is 13.3. The van der Waals surface area contributed by atoms with E-state index in [9.17, 15) is 4.39 Å². The Balaban J connectivity index is 2.07. The van der Waals surface area contributed by atoms with E-state index in [0.29, 0.717) is 18.2 Å². The van der Waals surface area contributed by atoms with Gasteiger partial charge in [0.15, 0.2) is 0 Å². The molecule has 1 aliphatic rings. The van der Waals surface area contributed by atoms with E-state index < -0.39 is 0 Å². The van der Waals surface area contributed by atoms with Crippen molar-refractivity contribution < 1.29 is 4.39 Å². The molecule has 1 atom stereocenters. The number of nitrogens with zero attached hydrogens (tertiary/aromatic N) is 2. The molecule has 1 aromatic carbocycles. The molecular weight excluding hydrogens is 215 g/mol. The van der Waals surface area contributed by atoms with E-state index in [1.54, 1.807) is 6.07 Å². The first-order valence-electron chi connectivity index (χ1n) is 6.00. The fourth-order valence-corrected chi connectivity index (χ4v) is 2.18. The van der Waals surface area contributed by atoms with Crippen LogP contribution in [0, 0.1) is 23.1 Å². The zero-order valence-electron chi connectivity index (χ0n) is 10.3. The lowest BCUT2D eigenvalue weighted by atomic mass is 10.1. The van der Waals surface area contributed by atoms with E-state index in [1.807, 2.05) is 6.07 Å². The number of hydrogen-bond acceptors (Lipinski definition) is 2. The van der Waals surface area contributed by atoms with Gasteiger partial charge >= 0.3 is 0 Å². The number of hydrogen-bond donors (Lipinski definition) is 0. The minimum absolute atomic E-state index is 0.327. The predicted octanol–water partition coefficient (Wildman–Crippen LogP) is 2.93. The first-order valence-corrected chi connectivity index (χ1v) is 6.00. The van der Waals surface area contributed by atoms with Crippen molar-refractivity contribution in [2.45, 2.75) is 32.4 Å². The molecule has 0 aromatic heterocycles. The van der Waals surface area contributed by atoms with E-state index in [0.717, 1.165) is 11.5 Å². The lowest BCUT2D eigenvalue weighted by molar-refractivity contribution is 0.226. The summed E-state index contributed by atoms with van der Waals surface area (Å²) >= 11 is 0. The summed E-state index contributed by atoms with van der Waals surface area (Å²) in [6, 6.07) is 7.06. The highest BCUT2D eigenvalue weighted by atomic mass is 19.1. The molecule has 2 rings (SSSR count). The van der Waals surface area contributed by atoms with Crippen molar-refractivity contribution in [3.63, 3.8) is 0 Å². The van der Waals surface area contributed by atoms with Crippen LogP contribution in [0.5, 0.6) is 0 Å². The van der Waals surface area contributed by atoms with Gasteiger partial charge in [-0.1, -0.05) is 0 Å². The Kier molecular flexibility index (Phi) is 3.44. The summed E-state index contributed by atoms with van der Waals surface area (Å²) in [5.74, 6) is 0.468. The zero-order chi connectivity index (χ0) is 12.4. The van der Waals surface area contributed by atoms with Crippen LogP contribution in [-0.4, -0.2) is 18.0 Å². The van der Waals surface area contributed by atoms with Crippen molar-refractivity contribution in [1.29, 1.82) is 5.26 Å². The zero-order valence-corrected chi connectivity index (χ0v) is 10.3. The average molecular weight is 232 g/mol. The number of halogens is 1. The van der Waals surface area contributed by atoms with Crippen LogP contribution in [-0.2, 0) is 6.54 Å². The summed E-state index contributed by atoms with van der Waals surface area (Å²) in [6.07, 6.45) is 2.61. The van der Waals surface area contributed by atoms with Crippen molar-refractivity contribution in [1.82, 2.24) is 4.90 Å². The first kappa shape index (κ1) is 12.1. The van der Waals surface area contributed by atoms with Crippen LogP contribution in [0.25, 0.3) is 0 Å². The number of nitriles is 1. The third-order valence-electron chi connectivity index (χ3n) is 3.52. The second-order valence-electron chi connectivity index (χ2n) is 4.95. The minimum atomic E-state index is -0.327. The molecule has 1 aliphatic carbocycles. The Morgan fingerprint density at radius 2 is 2.18 bits per heavy atom. The lowest BCUT2D eigenvalue weighted by Crippen LogP contribution is -2.30. The molecule has 0 radical (unpaired) electrons. The fourth-order valence-electron chi connectivity index (χ4n) is 2.18. The number of benzene rings is 1. The third-order valence-corrected chi connectivity index (χ3v) is 3.52. The Hall–Kier alpha value is -1.40. The van der Waals surface area contributed by atoms with Gasteiger partial charge in [0.05, 0.1) is 11.6 Å². The maximum Gasteiger partial charge on any atom is 0.124 e. The van der Waals surface area contributed by atoms with E-state index in [2.05, 4.69) is 18.9 Å². The summed E-state index contributed by atoms with van der Waals surface area (Å²) in [7, 11) is 2.06. The predicted molar refractivity (Wildman–Crippen MR) is 64.8 cm³/mol. The molecule has 17 heavy (non-hydrogen) atoms. The average Bonchev–Trinajstić information content (AvgIpc) is 3.10. The molecule has 0 amide bonds. The molecule has 3 heteroatoms.